The van der Waals surface area contributed by atoms with Crippen molar-refractivity contribution in [2.75, 3.05) is 6.61 Å². The van der Waals surface area contributed by atoms with Gasteiger partial charge < -0.3 is 14.8 Å². The molecule has 0 saturated carbocycles. The zero-order valence-corrected chi connectivity index (χ0v) is 17.0. The van der Waals surface area contributed by atoms with E-state index in [0.29, 0.717) is 18.9 Å². The fourth-order valence-corrected chi connectivity index (χ4v) is 2.70. The molecule has 0 aromatic heterocycles. The lowest BCUT2D eigenvalue weighted by Crippen LogP contribution is -2.42. The minimum absolute atomic E-state index is 0.179. The molecule has 0 saturated heterocycles. The fraction of sp³-hybridized carbons (Fsp3) is 0.636. The number of rotatable bonds is 13. The highest BCUT2D eigenvalue weighted by molar-refractivity contribution is 5.81. The highest BCUT2D eigenvalue weighted by Crippen LogP contribution is 2.09. The largest absolute Gasteiger partial charge is 0.464 e. The maximum Gasteiger partial charge on any atom is 0.408 e. The Kier molecular flexibility index (Phi) is 12.0. The topological polar surface area (TPSA) is 64.6 Å². The van der Waals surface area contributed by atoms with E-state index in [4.69, 9.17) is 9.47 Å². The number of ether oxygens (including phenoxy) is 2. The molecule has 1 aromatic rings. The van der Waals surface area contributed by atoms with Crippen LogP contribution in [0, 0.1) is 5.92 Å². The van der Waals surface area contributed by atoms with Gasteiger partial charge in [0.05, 0.1) is 6.61 Å². The van der Waals surface area contributed by atoms with Gasteiger partial charge in [-0.05, 0) is 30.7 Å². The Hall–Kier alpha value is -2.04. The molecular weight excluding hydrogens is 342 g/mol. The number of hydrogen-bond donors (Lipinski definition) is 1. The number of carbonyl (C=O) groups excluding carboxylic acids is 2. The maximum absolute atomic E-state index is 12.4. The first-order chi connectivity index (χ1) is 13.0. The summed E-state index contributed by atoms with van der Waals surface area (Å²) in [6.07, 6.45) is 5.99. The number of nitrogens with one attached hydrogen (secondary N) is 1. The standard InChI is InChI=1S/C22H35NO4/c1-4-5-6-10-15-20(21(24)26-16-11-12-18(2)3)23-22(25)27-17-19-13-8-7-9-14-19/h7-9,13-14,18,20H,4-6,10-12,15-17H2,1-3H3,(H,23,25). The minimum atomic E-state index is -0.649. The van der Waals surface area contributed by atoms with Crippen molar-refractivity contribution in [1.82, 2.24) is 5.32 Å². The lowest BCUT2D eigenvalue weighted by Gasteiger charge is -2.18. The molecule has 0 aliphatic heterocycles. The van der Waals surface area contributed by atoms with E-state index in [-0.39, 0.29) is 12.6 Å². The van der Waals surface area contributed by atoms with Gasteiger partial charge in [0, 0.05) is 0 Å². The first-order valence-electron chi connectivity index (χ1n) is 10.2. The number of carbonyl (C=O) groups is 2. The second-order valence-electron chi connectivity index (χ2n) is 7.31. The number of unbranched alkanes of at least 4 members (excludes halogenated alkanes) is 3. The molecular formula is C22H35NO4. The molecule has 0 radical (unpaired) electrons. The Balaban J connectivity index is 2.45. The summed E-state index contributed by atoms with van der Waals surface area (Å²) in [6.45, 7) is 6.99. The van der Waals surface area contributed by atoms with E-state index >= 15 is 0 Å². The predicted octanol–water partition coefficient (Wildman–Crippen LogP) is 5.23. The third-order valence-electron chi connectivity index (χ3n) is 4.31. The average molecular weight is 378 g/mol. The van der Waals surface area contributed by atoms with E-state index < -0.39 is 12.1 Å². The van der Waals surface area contributed by atoms with Crippen molar-refractivity contribution in [3.8, 4) is 0 Å². The number of alkyl carbamates (subject to hydrolysis) is 1. The van der Waals surface area contributed by atoms with Crippen LogP contribution in [-0.2, 0) is 20.9 Å². The second-order valence-corrected chi connectivity index (χ2v) is 7.31. The molecule has 0 heterocycles. The van der Waals surface area contributed by atoms with Crippen LogP contribution in [0.3, 0.4) is 0 Å². The van der Waals surface area contributed by atoms with Crippen molar-refractivity contribution in [1.29, 1.82) is 0 Å². The number of esters is 1. The van der Waals surface area contributed by atoms with Crippen LogP contribution in [0.5, 0.6) is 0 Å². The van der Waals surface area contributed by atoms with Crippen LogP contribution in [-0.4, -0.2) is 24.7 Å². The van der Waals surface area contributed by atoms with Gasteiger partial charge >= 0.3 is 12.1 Å². The second kappa shape index (κ2) is 14.1. The maximum atomic E-state index is 12.4. The molecule has 1 unspecified atom stereocenters. The first kappa shape index (κ1) is 23.0. The molecule has 0 fully saturated rings. The molecule has 27 heavy (non-hydrogen) atoms. The minimum Gasteiger partial charge on any atom is -0.464 e. The van der Waals surface area contributed by atoms with E-state index in [2.05, 4.69) is 26.1 Å². The van der Waals surface area contributed by atoms with Crippen LogP contribution < -0.4 is 5.32 Å². The highest BCUT2D eigenvalue weighted by Gasteiger charge is 2.22. The number of hydrogen-bond acceptors (Lipinski definition) is 4. The highest BCUT2D eigenvalue weighted by atomic mass is 16.6. The summed E-state index contributed by atoms with van der Waals surface area (Å²) in [7, 11) is 0. The number of benzene rings is 1. The Morgan fingerprint density at radius 1 is 0.963 bits per heavy atom. The molecule has 152 valence electrons. The van der Waals surface area contributed by atoms with Gasteiger partial charge in [-0.25, -0.2) is 9.59 Å². The van der Waals surface area contributed by atoms with E-state index in [1.807, 2.05) is 30.3 Å². The van der Waals surface area contributed by atoms with Gasteiger partial charge in [-0.3, -0.25) is 0 Å². The zero-order chi connectivity index (χ0) is 19.9. The Bertz CT molecular complexity index is 530. The summed E-state index contributed by atoms with van der Waals surface area (Å²) in [5.74, 6) is 0.214. The summed E-state index contributed by atoms with van der Waals surface area (Å²) >= 11 is 0. The summed E-state index contributed by atoms with van der Waals surface area (Å²) in [4.78, 5) is 24.5. The fourth-order valence-electron chi connectivity index (χ4n) is 2.70. The Morgan fingerprint density at radius 3 is 2.37 bits per heavy atom. The van der Waals surface area contributed by atoms with Gasteiger partial charge in [-0.2, -0.15) is 0 Å². The molecule has 0 spiro atoms. The average Bonchev–Trinajstić information content (AvgIpc) is 2.66. The van der Waals surface area contributed by atoms with Crippen LogP contribution in [0.2, 0.25) is 0 Å². The van der Waals surface area contributed by atoms with E-state index in [0.717, 1.165) is 44.1 Å². The van der Waals surface area contributed by atoms with E-state index in [9.17, 15) is 9.59 Å². The SMILES string of the molecule is CCCCCCC(NC(=O)OCc1ccccc1)C(=O)OCCCC(C)C. The molecule has 5 nitrogen and oxygen atoms in total. The molecule has 0 bridgehead atoms. The van der Waals surface area contributed by atoms with Crippen molar-refractivity contribution in [3.63, 3.8) is 0 Å². The van der Waals surface area contributed by atoms with E-state index in [1.165, 1.54) is 0 Å². The molecule has 1 atom stereocenters. The Morgan fingerprint density at radius 2 is 1.70 bits per heavy atom. The quantitative estimate of drug-likeness (QED) is 0.377. The van der Waals surface area contributed by atoms with Crippen molar-refractivity contribution in [3.05, 3.63) is 35.9 Å². The normalized spacial score (nSPS) is 11.9. The van der Waals surface area contributed by atoms with Crippen molar-refractivity contribution < 1.29 is 19.1 Å². The molecule has 1 rings (SSSR count). The lowest BCUT2D eigenvalue weighted by atomic mass is 10.1. The summed E-state index contributed by atoms with van der Waals surface area (Å²) < 4.78 is 10.6. The van der Waals surface area contributed by atoms with Gasteiger partial charge in [0.1, 0.15) is 12.6 Å². The van der Waals surface area contributed by atoms with Crippen LogP contribution >= 0.6 is 0 Å². The molecule has 0 aliphatic rings. The monoisotopic (exact) mass is 377 g/mol. The van der Waals surface area contributed by atoms with Gasteiger partial charge in [0.25, 0.3) is 0 Å². The van der Waals surface area contributed by atoms with Crippen LogP contribution in [0.15, 0.2) is 30.3 Å². The van der Waals surface area contributed by atoms with Crippen LogP contribution in [0.1, 0.15) is 71.3 Å². The predicted molar refractivity (Wildman–Crippen MR) is 107 cm³/mol. The molecule has 0 aliphatic carbocycles. The van der Waals surface area contributed by atoms with Gasteiger partial charge in [0.2, 0.25) is 0 Å². The van der Waals surface area contributed by atoms with Crippen molar-refractivity contribution in [2.24, 2.45) is 5.92 Å². The van der Waals surface area contributed by atoms with Crippen LogP contribution in [0.25, 0.3) is 0 Å². The lowest BCUT2D eigenvalue weighted by molar-refractivity contribution is -0.146. The van der Waals surface area contributed by atoms with Crippen molar-refractivity contribution >= 4 is 12.1 Å². The molecule has 1 amide bonds. The third-order valence-corrected chi connectivity index (χ3v) is 4.31. The summed E-state index contributed by atoms with van der Waals surface area (Å²) in [5, 5.41) is 2.68. The van der Waals surface area contributed by atoms with Crippen molar-refractivity contribution in [2.45, 2.75) is 78.4 Å². The first-order valence-corrected chi connectivity index (χ1v) is 10.2. The van der Waals surface area contributed by atoms with Gasteiger partial charge in [0.15, 0.2) is 0 Å². The summed E-state index contributed by atoms with van der Waals surface area (Å²) in [5.41, 5.74) is 0.906. The summed E-state index contributed by atoms with van der Waals surface area (Å²) in [6, 6.07) is 8.81. The van der Waals surface area contributed by atoms with Gasteiger partial charge in [-0.1, -0.05) is 76.8 Å². The van der Waals surface area contributed by atoms with Gasteiger partial charge in [-0.15, -0.1) is 0 Å². The zero-order valence-electron chi connectivity index (χ0n) is 17.0. The Labute approximate surface area is 163 Å². The van der Waals surface area contributed by atoms with E-state index in [1.54, 1.807) is 0 Å². The third kappa shape index (κ3) is 11.3. The van der Waals surface area contributed by atoms with Crippen LogP contribution in [0.4, 0.5) is 4.79 Å². The molecule has 1 N–H and O–H groups in total. The number of amides is 1. The molecule has 1 aromatic carbocycles. The molecule has 5 heteroatoms. The smallest absolute Gasteiger partial charge is 0.408 e.